The standard InChI is InChI=1S/C13H22O3/c1-4-10(14)9-6-7-12(16)13(3,8-9)11(15)5-2/h6-8,10-12,14-16H,4-5H2,1-3H3. The normalized spacial score (nSPS) is 33.4. The van der Waals surface area contributed by atoms with Gasteiger partial charge in [0.15, 0.2) is 0 Å². The van der Waals surface area contributed by atoms with Crippen LogP contribution in [-0.2, 0) is 0 Å². The zero-order valence-corrected chi connectivity index (χ0v) is 10.2. The number of hydrogen-bond acceptors (Lipinski definition) is 3. The van der Waals surface area contributed by atoms with Gasteiger partial charge in [0.05, 0.1) is 18.3 Å². The van der Waals surface area contributed by atoms with Crippen LogP contribution in [-0.4, -0.2) is 33.6 Å². The van der Waals surface area contributed by atoms with Crippen molar-refractivity contribution in [2.24, 2.45) is 5.41 Å². The summed E-state index contributed by atoms with van der Waals surface area (Å²) < 4.78 is 0. The average Bonchev–Trinajstić information content (AvgIpc) is 2.30. The van der Waals surface area contributed by atoms with Crippen molar-refractivity contribution in [2.75, 3.05) is 0 Å². The Balaban J connectivity index is 3.00. The van der Waals surface area contributed by atoms with Gasteiger partial charge < -0.3 is 15.3 Å². The molecule has 1 aliphatic rings. The largest absolute Gasteiger partial charge is 0.392 e. The fourth-order valence-corrected chi connectivity index (χ4v) is 2.08. The summed E-state index contributed by atoms with van der Waals surface area (Å²) in [6.45, 7) is 5.60. The summed E-state index contributed by atoms with van der Waals surface area (Å²) in [7, 11) is 0. The summed E-state index contributed by atoms with van der Waals surface area (Å²) in [6.07, 6.45) is 4.57. The van der Waals surface area contributed by atoms with E-state index in [0.717, 1.165) is 5.57 Å². The summed E-state index contributed by atoms with van der Waals surface area (Å²) in [6, 6.07) is 0. The molecule has 0 fully saturated rings. The van der Waals surface area contributed by atoms with E-state index in [1.54, 1.807) is 18.2 Å². The third-order valence-corrected chi connectivity index (χ3v) is 3.46. The van der Waals surface area contributed by atoms with Gasteiger partial charge in [-0.3, -0.25) is 0 Å². The molecule has 0 amide bonds. The number of aliphatic hydroxyl groups excluding tert-OH is 3. The van der Waals surface area contributed by atoms with Crippen LogP contribution in [0.5, 0.6) is 0 Å². The van der Waals surface area contributed by atoms with Crippen LogP contribution < -0.4 is 0 Å². The van der Waals surface area contributed by atoms with Crippen molar-refractivity contribution in [3.05, 3.63) is 23.8 Å². The molecule has 0 spiro atoms. The predicted molar refractivity (Wildman–Crippen MR) is 63.9 cm³/mol. The van der Waals surface area contributed by atoms with Gasteiger partial charge in [-0.2, -0.15) is 0 Å². The monoisotopic (exact) mass is 226 g/mol. The lowest BCUT2D eigenvalue weighted by atomic mass is 9.73. The molecule has 1 rings (SSSR count). The van der Waals surface area contributed by atoms with E-state index in [0.29, 0.717) is 12.8 Å². The second-order valence-corrected chi connectivity index (χ2v) is 4.66. The second kappa shape index (κ2) is 5.13. The molecule has 0 aromatic rings. The van der Waals surface area contributed by atoms with Crippen molar-refractivity contribution >= 4 is 0 Å². The Morgan fingerprint density at radius 3 is 2.44 bits per heavy atom. The Kier molecular flexibility index (Phi) is 4.30. The van der Waals surface area contributed by atoms with E-state index in [9.17, 15) is 15.3 Å². The Morgan fingerprint density at radius 1 is 1.31 bits per heavy atom. The first kappa shape index (κ1) is 13.4. The second-order valence-electron chi connectivity index (χ2n) is 4.66. The van der Waals surface area contributed by atoms with Crippen molar-refractivity contribution in [2.45, 2.75) is 51.9 Å². The fourth-order valence-electron chi connectivity index (χ4n) is 2.08. The SMILES string of the molecule is CCC(O)C1=CC(C)(C(O)CC)C(O)C=C1. The van der Waals surface area contributed by atoms with Gasteiger partial charge in [-0.25, -0.2) is 0 Å². The van der Waals surface area contributed by atoms with Gasteiger partial charge in [-0.1, -0.05) is 39.0 Å². The van der Waals surface area contributed by atoms with Gasteiger partial charge in [-0.05, 0) is 18.4 Å². The molecule has 0 aliphatic heterocycles. The maximum Gasteiger partial charge on any atom is 0.0837 e. The molecule has 3 heteroatoms. The van der Waals surface area contributed by atoms with E-state index in [1.807, 2.05) is 20.8 Å². The lowest BCUT2D eigenvalue weighted by molar-refractivity contribution is -0.00988. The average molecular weight is 226 g/mol. The van der Waals surface area contributed by atoms with Crippen LogP contribution in [0.15, 0.2) is 23.8 Å². The Hall–Kier alpha value is -0.640. The van der Waals surface area contributed by atoms with Crippen LogP contribution in [0.25, 0.3) is 0 Å². The lowest BCUT2D eigenvalue weighted by Gasteiger charge is -2.37. The van der Waals surface area contributed by atoms with E-state index in [2.05, 4.69) is 0 Å². The van der Waals surface area contributed by atoms with Gasteiger partial charge in [0.25, 0.3) is 0 Å². The first-order chi connectivity index (χ1) is 7.45. The molecule has 0 heterocycles. The molecule has 4 atom stereocenters. The highest BCUT2D eigenvalue weighted by atomic mass is 16.3. The molecule has 4 unspecified atom stereocenters. The van der Waals surface area contributed by atoms with Gasteiger partial charge in [0, 0.05) is 5.41 Å². The fraction of sp³-hybridized carbons (Fsp3) is 0.692. The molecule has 1 aliphatic carbocycles. The van der Waals surface area contributed by atoms with E-state index < -0.39 is 23.7 Å². The van der Waals surface area contributed by atoms with Crippen LogP contribution >= 0.6 is 0 Å². The van der Waals surface area contributed by atoms with E-state index in [-0.39, 0.29) is 0 Å². The molecule has 0 aromatic carbocycles. The van der Waals surface area contributed by atoms with Gasteiger partial charge >= 0.3 is 0 Å². The quantitative estimate of drug-likeness (QED) is 0.679. The highest BCUT2D eigenvalue weighted by molar-refractivity contribution is 5.33. The first-order valence-electron chi connectivity index (χ1n) is 5.90. The first-order valence-corrected chi connectivity index (χ1v) is 5.90. The van der Waals surface area contributed by atoms with Gasteiger partial charge in [0.1, 0.15) is 0 Å². The van der Waals surface area contributed by atoms with Crippen LogP contribution in [0.4, 0.5) is 0 Å². The maximum atomic E-state index is 9.96. The molecule has 0 bridgehead atoms. The molecular weight excluding hydrogens is 204 g/mol. The van der Waals surface area contributed by atoms with Crippen LogP contribution in [0.3, 0.4) is 0 Å². The van der Waals surface area contributed by atoms with E-state index in [4.69, 9.17) is 0 Å². The van der Waals surface area contributed by atoms with E-state index in [1.165, 1.54) is 0 Å². The zero-order chi connectivity index (χ0) is 12.3. The minimum absolute atomic E-state index is 0.521. The predicted octanol–water partition coefficient (Wildman–Crippen LogP) is 1.39. The third kappa shape index (κ3) is 2.37. The molecule has 3 N–H and O–H groups in total. The Bertz CT molecular complexity index is 296. The van der Waals surface area contributed by atoms with Crippen molar-refractivity contribution in [1.82, 2.24) is 0 Å². The molecule has 16 heavy (non-hydrogen) atoms. The number of aliphatic hydroxyl groups is 3. The number of hydrogen-bond donors (Lipinski definition) is 3. The van der Waals surface area contributed by atoms with Crippen molar-refractivity contribution in [3.63, 3.8) is 0 Å². The summed E-state index contributed by atoms with van der Waals surface area (Å²) in [5, 5.41) is 29.7. The van der Waals surface area contributed by atoms with Crippen molar-refractivity contribution in [1.29, 1.82) is 0 Å². The third-order valence-electron chi connectivity index (χ3n) is 3.46. The molecule has 0 aromatic heterocycles. The number of rotatable bonds is 4. The topological polar surface area (TPSA) is 60.7 Å². The zero-order valence-electron chi connectivity index (χ0n) is 10.2. The summed E-state index contributed by atoms with van der Waals surface area (Å²) in [5.41, 5.74) is 0.0809. The Labute approximate surface area is 97.1 Å². The minimum Gasteiger partial charge on any atom is -0.392 e. The molecule has 3 nitrogen and oxygen atoms in total. The molecule has 0 radical (unpaired) electrons. The molecule has 0 saturated carbocycles. The van der Waals surface area contributed by atoms with Crippen LogP contribution in [0.1, 0.15) is 33.6 Å². The molecule has 0 saturated heterocycles. The highest BCUT2D eigenvalue weighted by Crippen LogP contribution is 2.36. The summed E-state index contributed by atoms with van der Waals surface area (Å²) in [4.78, 5) is 0. The van der Waals surface area contributed by atoms with Crippen LogP contribution in [0, 0.1) is 5.41 Å². The van der Waals surface area contributed by atoms with Gasteiger partial charge in [-0.15, -0.1) is 0 Å². The molecule has 92 valence electrons. The molecular formula is C13H22O3. The highest BCUT2D eigenvalue weighted by Gasteiger charge is 2.38. The Morgan fingerprint density at radius 2 is 1.94 bits per heavy atom. The van der Waals surface area contributed by atoms with Gasteiger partial charge in [0.2, 0.25) is 0 Å². The van der Waals surface area contributed by atoms with Crippen molar-refractivity contribution < 1.29 is 15.3 Å². The maximum absolute atomic E-state index is 9.96. The summed E-state index contributed by atoms with van der Waals surface area (Å²) in [5.74, 6) is 0. The smallest absolute Gasteiger partial charge is 0.0837 e. The lowest BCUT2D eigenvalue weighted by Crippen LogP contribution is -2.42. The minimum atomic E-state index is -0.699. The summed E-state index contributed by atoms with van der Waals surface area (Å²) >= 11 is 0. The van der Waals surface area contributed by atoms with Crippen molar-refractivity contribution in [3.8, 4) is 0 Å². The van der Waals surface area contributed by atoms with Crippen LogP contribution in [0.2, 0.25) is 0 Å². The van der Waals surface area contributed by atoms with E-state index >= 15 is 0 Å².